The molecule has 0 aromatic carbocycles. The molecule has 1 aliphatic carbocycles. The van der Waals surface area contributed by atoms with Gasteiger partial charge >= 0.3 is 0 Å². The van der Waals surface area contributed by atoms with E-state index in [2.05, 4.69) is 6.58 Å². The fourth-order valence-electron chi connectivity index (χ4n) is 1.11. The molecule has 82 valence electrons. The maximum Gasteiger partial charge on any atom is 0.269 e. The number of hydrogen-bond acceptors (Lipinski definition) is 3. The molecule has 1 aliphatic rings. The summed E-state index contributed by atoms with van der Waals surface area (Å²) in [4.78, 5) is 0. The minimum Gasteiger partial charge on any atom is -0.346 e. The molecule has 15 heavy (non-hydrogen) atoms. The summed E-state index contributed by atoms with van der Waals surface area (Å²) in [5, 5.41) is 9.31. The number of hydrogen-bond donors (Lipinski definition) is 1. The van der Waals surface area contributed by atoms with E-state index >= 15 is 0 Å². The standard InChI is InChI=1S/C12H16O3/c1-2-3-4-7-10-14-12(13)15-11-8-5-6-9-11/h2-6,8-9,11-13H,1,7,10H2/b4-3-. The molecule has 3 nitrogen and oxygen atoms in total. The van der Waals surface area contributed by atoms with Crippen LogP contribution in [0.3, 0.4) is 0 Å². The third-order valence-electron chi connectivity index (χ3n) is 1.80. The van der Waals surface area contributed by atoms with Crippen LogP contribution < -0.4 is 0 Å². The molecule has 1 atom stereocenters. The summed E-state index contributed by atoms with van der Waals surface area (Å²) < 4.78 is 10.2. The topological polar surface area (TPSA) is 38.7 Å². The molecule has 0 aromatic heterocycles. The number of allylic oxidation sites excluding steroid dienone is 4. The van der Waals surface area contributed by atoms with Crippen LogP contribution in [0.1, 0.15) is 6.42 Å². The van der Waals surface area contributed by atoms with Gasteiger partial charge in [0.2, 0.25) is 0 Å². The highest BCUT2D eigenvalue weighted by molar-refractivity contribution is 5.18. The first-order valence-corrected chi connectivity index (χ1v) is 4.90. The molecule has 0 radical (unpaired) electrons. The van der Waals surface area contributed by atoms with Gasteiger partial charge in [-0.05, 0) is 6.42 Å². The average molecular weight is 208 g/mol. The highest BCUT2D eigenvalue weighted by atomic mass is 16.8. The lowest BCUT2D eigenvalue weighted by Crippen LogP contribution is -2.21. The van der Waals surface area contributed by atoms with Gasteiger partial charge in [0.1, 0.15) is 0 Å². The van der Waals surface area contributed by atoms with Gasteiger partial charge in [0.25, 0.3) is 6.48 Å². The maximum atomic E-state index is 9.31. The zero-order chi connectivity index (χ0) is 10.9. The van der Waals surface area contributed by atoms with Crippen LogP contribution in [0.25, 0.3) is 0 Å². The van der Waals surface area contributed by atoms with Crippen molar-refractivity contribution in [3.63, 3.8) is 0 Å². The van der Waals surface area contributed by atoms with Gasteiger partial charge in [0.05, 0.1) is 12.7 Å². The molecular weight excluding hydrogens is 192 g/mol. The molecule has 0 fully saturated rings. The van der Waals surface area contributed by atoms with Gasteiger partial charge in [0.15, 0.2) is 0 Å². The third kappa shape index (κ3) is 5.32. The Bertz CT molecular complexity index is 254. The number of aliphatic hydroxyl groups excluding tert-OH is 1. The zero-order valence-corrected chi connectivity index (χ0v) is 8.58. The minimum atomic E-state index is -1.17. The molecule has 1 unspecified atom stereocenters. The summed E-state index contributed by atoms with van der Waals surface area (Å²) in [5.41, 5.74) is 0. The van der Waals surface area contributed by atoms with Crippen molar-refractivity contribution in [2.45, 2.75) is 19.0 Å². The third-order valence-corrected chi connectivity index (χ3v) is 1.80. The highest BCUT2D eigenvalue weighted by Gasteiger charge is 2.10. The van der Waals surface area contributed by atoms with Gasteiger partial charge in [-0.2, -0.15) is 0 Å². The largest absolute Gasteiger partial charge is 0.346 e. The van der Waals surface area contributed by atoms with E-state index in [0.29, 0.717) is 6.61 Å². The molecule has 0 saturated carbocycles. The van der Waals surface area contributed by atoms with Crippen molar-refractivity contribution in [3.05, 3.63) is 49.1 Å². The van der Waals surface area contributed by atoms with Crippen LogP contribution in [0.5, 0.6) is 0 Å². The van der Waals surface area contributed by atoms with Crippen molar-refractivity contribution in [1.29, 1.82) is 0 Å². The lowest BCUT2D eigenvalue weighted by Gasteiger charge is -2.14. The molecule has 0 saturated heterocycles. The fourth-order valence-corrected chi connectivity index (χ4v) is 1.11. The Hall–Kier alpha value is -1.16. The van der Waals surface area contributed by atoms with Crippen LogP contribution in [-0.2, 0) is 9.47 Å². The predicted octanol–water partition coefficient (Wildman–Crippen LogP) is 1.92. The summed E-state index contributed by atoms with van der Waals surface area (Å²) in [6.07, 6.45) is 13.4. The second-order valence-electron chi connectivity index (χ2n) is 3.00. The average Bonchev–Trinajstić information content (AvgIpc) is 2.70. The van der Waals surface area contributed by atoms with Crippen LogP contribution in [-0.4, -0.2) is 24.3 Å². The Kier molecular flexibility index (Phi) is 5.70. The SMILES string of the molecule is C=C/C=C\CCOC(O)OC1C=CC=C1. The molecule has 3 heteroatoms. The monoisotopic (exact) mass is 208 g/mol. The Morgan fingerprint density at radius 3 is 2.80 bits per heavy atom. The smallest absolute Gasteiger partial charge is 0.269 e. The van der Waals surface area contributed by atoms with E-state index in [0.717, 1.165) is 6.42 Å². The van der Waals surface area contributed by atoms with E-state index in [1.807, 2.05) is 36.5 Å². The van der Waals surface area contributed by atoms with Crippen molar-refractivity contribution in [2.75, 3.05) is 6.61 Å². The zero-order valence-electron chi connectivity index (χ0n) is 8.58. The van der Waals surface area contributed by atoms with Gasteiger partial charge < -0.3 is 14.6 Å². The Labute approximate surface area is 90.0 Å². The Morgan fingerprint density at radius 1 is 1.40 bits per heavy atom. The Balaban J connectivity index is 2.05. The van der Waals surface area contributed by atoms with Crippen LogP contribution in [0, 0.1) is 0 Å². The number of ether oxygens (including phenoxy) is 2. The van der Waals surface area contributed by atoms with Crippen molar-refractivity contribution in [1.82, 2.24) is 0 Å². The van der Waals surface area contributed by atoms with Crippen molar-refractivity contribution in [3.8, 4) is 0 Å². The number of rotatable bonds is 7. The van der Waals surface area contributed by atoms with Crippen LogP contribution >= 0.6 is 0 Å². The Morgan fingerprint density at radius 2 is 2.13 bits per heavy atom. The molecular formula is C12H16O3. The van der Waals surface area contributed by atoms with Gasteiger partial charge in [-0.15, -0.1) is 0 Å². The highest BCUT2D eigenvalue weighted by Crippen LogP contribution is 2.07. The first-order valence-electron chi connectivity index (χ1n) is 4.90. The molecule has 1 rings (SSSR count). The van der Waals surface area contributed by atoms with Crippen molar-refractivity contribution in [2.24, 2.45) is 0 Å². The molecule has 0 bridgehead atoms. The van der Waals surface area contributed by atoms with Crippen LogP contribution in [0.2, 0.25) is 0 Å². The lowest BCUT2D eigenvalue weighted by atomic mass is 10.4. The van der Waals surface area contributed by atoms with Crippen LogP contribution in [0.15, 0.2) is 49.1 Å². The lowest BCUT2D eigenvalue weighted by molar-refractivity contribution is -0.268. The van der Waals surface area contributed by atoms with E-state index in [1.54, 1.807) is 6.08 Å². The normalized spacial score (nSPS) is 17.7. The van der Waals surface area contributed by atoms with Crippen LogP contribution in [0.4, 0.5) is 0 Å². The van der Waals surface area contributed by atoms with Gasteiger partial charge in [-0.25, -0.2) is 0 Å². The molecule has 0 spiro atoms. The molecule has 1 N–H and O–H groups in total. The van der Waals surface area contributed by atoms with Crippen molar-refractivity contribution >= 4 is 0 Å². The van der Waals surface area contributed by atoms with E-state index in [4.69, 9.17) is 9.47 Å². The summed E-state index contributed by atoms with van der Waals surface area (Å²) in [6.45, 7) is 2.80. The van der Waals surface area contributed by atoms with Gasteiger partial charge in [-0.1, -0.05) is 49.1 Å². The van der Waals surface area contributed by atoms with E-state index < -0.39 is 6.48 Å². The quantitative estimate of drug-likeness (QED) is 0.394. The number of aliphatic hydroxyl groups is 1. The molecule has 0 amide bonds. The van der Waals surface area contributed by atoms with E-state index in [1.165, 1.54) is 0 Å². The summed E-state index contributed by atoms with van der Waals surface area (Å²) in [5.74, 6) is 0. The van der Waals surface area contributed by atoms with E-state index in [-0.39, 0.29) is 6.10 Å². The molecule has 0 aromatic rings. The van der Waals surface area contributed by atoms with Gasteiger partial charge in [-0.3, -0.25) is 0 Å². The minimum absolute atomic E-state index is 0.177. The van der Waals surface area contributed by atoms with Crippen molar-refractivity contribution < 1.29 is 14.6 Å². The predicted molar refractivity (Wildman–Crippen MR) is 59.1 cm³/mol. The first kappa shape index (κ1) is 11.9. The first-order chi connectivity index (χ1) is 7.33. The van der Waals surface area contributed by atoms with E-state index in [9.17, 15) is 5.11 Å². The molecule has 0 aliphatic heterocycles. The summed E-state index contributed by atoms with van der Waals surface area (Å²) in [6, 6.07) is 0. The van der Waals surface area contributed by atoms with Gasteiger partial charge in [0, 0.05) is 0 Å². The molecule has 0 heterocycles. The summed E-state index contributed by atoms with van der Waals surface area (Å²) >= 11 is 0. The second-order valence-corrected chi connectivity index (χ2v) is 3.00. The second kappa shape index (κ2) is 7.17. The maximum absolute atomic E-state index is 9.31. The summed E-state index contributed by atoms with van der Waals surface area (Å²) in [7, 11) is 0. The fraction of sp³-hybridized carbons (Fsp3) is 0.333.